The van der Waals surface area contributed by atoms with Gasteiger partial charge in [-0.2, -0.15) is 0 Å². The fourth-order valence-corrected chi connectivity index (χ4v) is 2.25. The molecule has 0 atom stereocenters. The standard InChI is InChI=1S/C13H18ClN3/c1-2-3-4-9-17-12-6-8-15-10-11(12)16-13(17)5-7-14/h6,8,10H,2-5,7,9H2,1H3. The van der Waals surface area contributed by atoms with Crippen LogP contribution in [0.4, 0.5) is 0 Å². The highest BCUT2D eigenvalue weighted by molar-refractivity contribution is 6.17. The van der Waals surface area contributed by atoms with Crippen molar-refractivity contribution < 1.29 is 0 Å². The van der Waals surface area contributed by atoms with Gasteiger partial charge < -0.3 is 4.57 Å². The molecule has 0 aromatic carbocycles. The SMILES string of the molecule is CCCCCn1c(CCCl)nc2cnccc21. The maximum atomic E-state index is 5.83. The summed E-state index contributed by atoms with van der Waals surface area (Å²) in [4.78, 5) is 8.71. The summed E-state index contributed by atoms with van der Waals surface area (Å²) in [5, 5.41) is 0. The summed E-state index contributed by atoms with van der Waals surface area (Å²) >= 11 is 5.83. The van der Waals surface area contributed by atoms with Crippen molar-refractivity contribution in [3.63, 3.8) is 0 Å². The molecule has 0 radical (unpaired) electrons. The van der Waals surface area contributed by atoms with Crippen molar-refractivity contribution >= 4 is 22.6 Å². The molecule has 0 amide bonds. The normalized spacial score (nSPS) is 11.2. The van der Waals surface area contributed by atoms with Crippen LogP contribution in [0.5, 0.6) is 0 Å². The number of hydrogen-bond donors (Lipinski definition) is 0. The Bertz CT molecular complexity index is 478. The van der Waals surface area contributed by atoms with Crippen LogP contribution in [0.15, 0.2) is 18.5 Å². The van der Waals surface area contributed by atoms with Gasteiger partial charge in [0.2, 0.25) is 0 Å². The van der Waals surface area contributed by atoms with Gasteiger partial charge in [0.1, 0.15) is 11.3 Å². The number of pyridine rings is 1. The molecule has 0 N–H and O–H groups in total. The molecule has 0 spiro atoms. The van der Waals surface area contributed by atoms with Crippen molar-refractivity contribution in [2.75, 3.05) is 5.88 Å². The van der Waals surface area contributed by atoms with Gasteiger partial charge in [-0.15, -0.1) is 11.6 Å². The van der Waals surface area contributed by atoms with Crippen LogP contribution in [0.25, 0.3) is 11.0 Å². The fraction of sp³-hybridized carbons (Fsp3) is 0.538. The predicted molar refractivity (Wildman–Crippen MR) is 71.5 cm³/mol. The second kappa shape index (κ2) is 6.01. The molecule has 2 rings (SSSR count). The molecule has 4 heteroatoms. The molecule has 3 nitrogen and oxygen atoms in total. The minimum atomic E-state index is 0.616. The number of aryl methyl sites for hydroxylation is 2. The lowest BCUT2D eigenvalue weighted by Crippen LogP contribution is -2.04. The molecule has 0 aliphatic carbocycles. The van der Waals surface area contributed by atoms with Crippen molar-refractivity contribution in [3.05, 3.63) is 24.3 Å². The minimum absolute atomic E-state index is 0.616. The van der Waals surface area contributed by atoms with Crippen LogP contribution in [-0.2, 0) is 13.0 Å². The second-order valence-electron chi connectivity index (χ2n) is 4.19. The number of aromatic nitrogens is 3. The number of nitrogens with zero attached hydrogens (tertiary/aromatic N) is 3. The zero-order valence-electron chi connectivity index (χ0n) is 10.2. The number of alkyl halides is 1. The lowest BCUT2D eigenvalue weighted by atomic mass is 10.2. The molecule has 0 aliphatic rings. The summed E-state index contributed by atoms with van der Waals surface area (Å²) in [6.07, 6.45) is 8.15. The third-order valence-corrected chi connectivity index (χ3v) is 3.12. The van der Waals surface area contributed by atoms with Crippen LogP contribution in [-0.4, -0.2) is 20.4 Å². The van der Waals surface area contributed by atoms with E-state index in [0.29, 0.717) is 5.88 Å². The Morgan fingerprint density at radius 2 is 2.24 bits per heavy atom. The van der Waals surface area contributed by atoms with Crippen LogP contribution < -0.4 is 0 Å². The Labute approximate surface area is 107 Å². The highest BCUT2D eigenvalue weighted by Crippen LogP contribution is 2.17. The van der Waals surface area contributed by atoms with Gasteiger partial charge in [-0.3, -0.25) is 4.98 Å². The molecular formula is C13H18ClN3. The first-order valence-electron chi connectivity index (χ1n) is 6.22. The van der Waals surface area contributed by atoms with Gasteiger partial charge in [0.05, 0.1) is 11.7 Å². The van der Waals surface area contributed by atoms with E-state index in [0.717, 1.165) is 24.3 Å². The molecule has 0 unspecified atom stereocenters. The quantitative estimate of drug-likeness (QED) is 0.582. The largest absolute Gasteiger partial charge is 0.328 e. The van der Waals surface area contributed by atoms with Crippen molar-refractivity contribution in [3.8, 4) is 0 Å². The van der Waals surface area contributed by atoms with E-state index in [-0.39, 0.29) is 0 Å². The van der Waals surface area contributed by atoms with Crippen LogP contribution in [0.3, 0.4) is 0 Å². The number of halogens is 1. The van der Waals surface area contributed by atoms with E-state index >= 15 is 0 Å². The summed E-state index contributed by atoms with van der Waals surface area (Å²) < 4.78 is 2.29. The van der Waals surface area contributed by atoms with Crippen molar-refractivity contribution in [1.29, 1.82) is 0 Å². The number of fused-ring (bicyclic) bond motifs is 1. The topological polar surface area (TPSA) is 30.7 Å². The molecule has 92 valence electrons. The monoisotopic (exact) mass is 251 g/mol. The van der Waals surface area contributed by atoms with Crippen LogP contribution >= 0.6 is 11.6 Å². The number of unbranched alkanes of at least 4 members (excludes halogenated alkanes) is 2. The molecular weight excluding hydrogens is 234 g/mol. The highest BCUT2D eigenvalue weighted by Gasteiger charge is 2.09. The van der Waals surface area contributed by atoms with E-state index in [1.165, 1.54) is 24.8 Å². The average Bonchev–Trinajstić information content (AvgIpc) is 2.69. The number of rotatable bonds is 6. The first-order chi connectivity index (χ1) is 8.36. The Hall–Kier alpha value is -1.09. The van der Waals surface area contributed by atoms with Gasteiger partial charge in [-0.05, 0) is 12.5 Å². The van der Waals surface area contributed by atoms with E-state index in [2.05, 4.69) is 21.5 Å². The molecule has 0 bridgehead atoms. The molecule has 0 fully saturated rings. The van der Waals surface area contributed by atoms with E-state index < -0.39 is 0 Å². The van der Waals surface area contributed by atoms with E-state index in [9.17, 15) is 0 Å². The lowest BCUT2D eigenvalue weighted by Gasteiger charge is -2.07. The van der Waals surface area contributed by atoms with E-state index in [4.69, 9.17) is 11.6 Å². The summed E-state index contributed by atoms with van der Waals surface area (Å²) in [5.41, 5.74) is 2.15. The van der Waals surface area contributed by atoms with Gasteiger partial charge in [0, 0.05) is 25.0 Å². The third kappa shape index (κ3) is 2.78. The molecule has 2 aromatic heterocycles. The smallest absolute Gasteiger partial charge is 0.111 e. The maximum absolute atomic E-state index is 5.83. The first kappa shape index (κ1) is 12.4. The molecule has 0 aliphatic heterocycles. The van der Waals surface area contributed by atoms with E-state index in [1.54, 1.807) is 0 Å². The summed E-state index contributed by atoms with van der Waals surface area (Å²) in [7, 11) is 0. The van der Waals surface area contributed by atoms with Gasteiger partial charge in [0.25, 0.3) is 0 Å². The van der Waals surface area contributed by atoms with Crippen molar-refractivity contribution in [2.45, 2.75) is 39.2 Å². The molecule has 2 heterocycles. The molecule has 0 saturated carbocycles. The maximum Gasteiger partial charge on any atom is 0.111 e. The Balaban J connectivity index is 2.30. The van der Waals surface area contributed by atoms with Crippen molar-refractivity contribution in [2.24, 2.45) is 0 Å². The fourth-order valence-electron chi connectivity index (χ4n) is 2.08. The van der Waals surface area contributed by atoms with Crippen molar-refractivity contribution in [1.82, 2.24) is 14.5 Å². The number of hydrogen-bond acceptors (Lipinski definition) is 2. The second-order valence-corrected chi connectivity index (χ2v) is 4.57. The molecule has 0 saturated heterocycles. The number of imidazole rings is 1. The zero-order valence-corrected chi connectivity index (χ0v) is 11.0. The van der Waals surface area contributed by atoms with Gasteiger partial charge in [-0.25, -0.2) is 4.98 Å². The molecule has 2 aromatic rings. The Kier molecular flexibility index (Phi) is 4.37. The first-order valence-corrected chi connectivity index (χ1v) is 6.75. The third-order valence-electron chi connectivity index (χ3n) is 2.93. The highest BCUT2D eigenvalue weighted by atomic mass is 35.5. The minimum Gasteiger partial charge on any atom is -0.328 e. The zero-order chi connectivity index (χ0) is 12.1. The summed E-state index contributed by atoms with van der Waals surface area (Å²) in [6, 6.07) is 2.03. The van der Waals surface area contributed by atoms with E-state index in [1.807, 2.05) is 18.5 Å². The summed E-state index contributed by atoms with van der Waals surface area (Å²) in [5.74, 6) is 1.70. The molecule has 17 heavy (non-hydrogen) atoms. The predicted octanol–water partition coefficient (Wildman–Crippen LogP) is 3.40. The van der Waals surface area contributed by atoms with Gasteiger partial charge >= 0.3 is 0 Å². The van der Waals surface area contributed by atoms with Gasteiger partial charge in [0.15, 0.2) is 0 Å². The van der Waals surface area contributed by atoms with Crippen LogP contribution in [0.2, 0.25) is 0 Å². The Morgan fingerprint density at radius 3 is 3.00 bits per heavy atom. The lowest BCUT2D eigenvalue weighted by molar-refractivity contribution is 0.594. The van der Waals surface area contributed by atoms with Crippen LogP contribution in [0.1, 0.15) is 32.0 Å². The van der Waals surface area contributed by atoms with Gasteiger partial charge in [-0.1, -0.05) is 19.8 Å². The Morgan fingerprint density at radius 1 is 1.35 bits per heavy atom. The van der Waals surface area contributed by atoms with Crippen LogP contribution in [0, 0.1) is 0 Å². The average molecular weight is 252 g/mol. The summed E-state index contributed by atoms with van der Waals surface area (Å²) in [6.45, 7) is 3.25.